The van der Waals surface area contributed by atoms with Gasteiger partial charge in [0.05, 0.1) is 6.61 Å². The molecule has 94 valence electrons. The molecule has 0 saturated carbocycles. The van der Waals surface area contributed by atoms with E-state index in [9.17, 15) is 4.89 Å². The fourth-order valence-corrected chi connectivity index (χ4v) is 2.11. The van der Waals surface area contributed by atoms with Crippen LogP contribution >= 0.6 is 8.38 Å². The van der Waals surface area contributed by atoms with E-state index in [4.69, 9.17) is 4.52 Å². The van der Waals surface area contributed by atoms with Crippen LogP contribution in [0.4, 0.5) is 0 Å². The Kier molecular flexibility index (Phi) is 7.91. The average Bonchev–Trinajstić information content (AvgIpc) is 2.37. The molecule has 0 heterocycles. The maximum absolute atomic E-state index is 9.66. The fraction of sp³-hybridized carbons (Fsp3) is 0.429. The van der Waals surface area contributed by atoms with Crippen molar-refractivity contribution < 1.29 is 9.42 Å². The predicted octanol–water partition coefficient (Wildman–Crippen LogP) is 4.25. The van der Waals surface area contributed by atoms with Crippen LogP contribution in [-0.4, -0.2) is 11.1 Å². The molecule has 0 bridgehead atoms. The Morgan fingerprint density at radius 2 is 2.00 bits per heavy atom. The van der Waals surface area contributed by atoms with E-state index in [1.807, 2.05) is 36.4 Å². The quantitative estimate of drug-likeness (QED) is 0.425. The van der Waals surface area contributed by atoms with Crippen LogP contribution in [0, 0.1) is 0 Å². The molecule has 0 fully saturated rings. The number of allylic oxidation sites excluding steroid dienone is 2. The van der Waals surface area contributed by atoms with Crippen molar-refractivity contribution in [2.24, 2.45) is 0 Å². The zero-order valence-corrected chi connectivity index (χ0v) is 11.3. The molecule has 1 N–H and O–H groups in total. The largest absolute Gasteiger partial charge is 0.350 e. The summed E-state index contributed by atoms with van der Waals surface area (Å²) in [5.74, 6) is 0. The van der Waals surface area contributed by atoms with E-state index in [0.717, 1.165) is 12.0 Å². The van der Waals surface area contributed by atoms with Crippen LogP contribution in [0.5, 0.6) is 0 Å². The van der Waals surface area contributed by atoms with E-state index in [0.29, 0.717) is 12.8 Å². The number of hydrogen-bond donors (Lipinski definition) is 1. The zero-order chi connectivity index (χ0) is 12.3. The molecule has 0 spiro atoms. The molecule has 1 unspecified atom stereocenters. The summed E-state index contributed by atoms with van der Waals surface area (Å²) in [6, 6.07) is 9.92. The van der Waals surface area contributed by atoms with Crippen LogP contribution in [0.25, 0.3) is 0 Å². The maximum atomic E-state index is 9.66. The summed E-state index contributed by atoms with van der Waals surface area (Å²) in [4.78, 5) is 9.66. The van der Waals surface area contributed by atoms with Crippen molar-refractivity contribution in [3.05, 3.63) is 48.0 Å². The summed E-state index contributed by atoms with van der Waals surface area (Å²) >= 11 is 0. The first-order valence-electron chi connectivity index (χ1n) is 6.11. The summed E-state index contributed by atoms with van der Waals surface area (Å²) < 4.78 is 5.40. The topological polar surface area (TPSA) is 29.5 Å². The third-order valence-corrected chi connectivity index (χ3v) is 3.33. The van der Waals surface area contributed by atoms with Crippen LogP contribution in [-0.2, 0) is 11.1 Å². The molecule has 2 nitrogen and oxygen atoms in total. The van der Waals surface area contributed by atoms with Crippen molar-refractivity contribution >= 4 is 8.38 Å². The first-order chi connectivity index (χ1) is 8.33. The van der Waals surface area contributed by atoms with Gasteiger partial charge < -0.3 is 9.42 Å². The second-order valence-corrected chi connectivity index (χ2v) is 5.24. The van der Waals surface area contributed by atoms with Gasteiger partial charge in [-0.25, -0.2) is 0 Å². The second-order valence-electron chi connectivity index (χ2n) is 3.91. The predicted molar refractivity (Wildman–Crippen MR) is 73.9 cm³/mol. The van der Waals surface area contributed by atoms with E-state index in [1.165, 1.54) is 12.8 Å². The molecule has 0 aromatic heterocycles. The number of hydrogen-bond acceptors (Lipinski definition) is 2. The van der Waals surface area contributed by atoms with Crippen LogP contribution in [0.1, 0.15) is 31.7 Å². The highest BCUT2D eigenvalue weighted by Gasteiger charge is 2.02. The normalized spacial score (nSPS) is 13.1. The molecule has 1 aromatic rings. The summed E-state index contributed by atoms with van der Waals surface area (Å²) in [6.07, 6.45) is 8.30. The smallest absolute Gasteiger partial charge is 0.172 e. The lowest BCUT2D eigenvalue weighted by atomic mass is 10.2. The second kappa shape index (κ2) is 9.35. The molecular formula is C14H21O2P. The van der Waals surface area contributed by atoms with E-state index < -0.39 is 8.38 Å². The third kappa shape index (κ3) is 7.27. The van der Waals surface area contributed by atoms with Gasteiger partial charge >= 0.3 is 0 Å². The molecule has 0 radical (unpaired) electrons. The summed E-state index contributed by atoms with van der Waals surface area (Å²) in [6.45, 7) is 2.67. The van der Waals surface area contributed by atoms with Gasteiger partial charge in [0.15, 0.2) is 8.38 Å². The zero-order valence-electron chi connectivity index (χ0n) is 10.4. The Labute approximate surface area is 105 Å². The van der Waals surface area contributed by atoms with Gasteiger partial charge in [-0.3, -0.25) is 0 Å². The molecule has 3 heteroatoms. The molecule has 0 amide bonds. The minimum absolute atomic E-state index is 0.492. The molecular weight excluding hydrogens is 231 g/mol. The average molecular weight is 252 g/mol. The Balaban J connectivity index is 2.13. The monoisotopic (exact) mass is 252 g/mol. The van der Waals surface area contributed by atoms with Gasteiger partial charge in [-0.2, -0.15) is 0 Å². The van der Waals surface area contributed by atoms with E-state index >= 15 is 0 Å². The molecule has 0 saturated heterocycles. The molecule has 1 atom stereocenters. The standard InChI is InChI=1S/C14H21O2P/c1-2-3-4-5-9-12-17(15)16-13-14-10-7-6-8-11-14/h5-11,15H,2-4,12-13H2,1H3/b9-5+. The van der Waals surface area contributed by atoms with Crippen LogP contribution in [0.15, 0.2) is 42.5 Å². The molecule has 0 aliphatic rings. The Hall–Kier alpha value is -0.690. The lowest BCUT2D eigenvalue weighted by Gasteiger charge is -2.08. The van der Waals surface area contributed by atoms with Crippen molar-refractivity contribution in [1.82, 2.24) is 0 Å². The summed E-state index contributed by atoms with van der Waals surface area (Å²) in [5.41, 5.74) is 1.10. The number of unbranched alkanes of at least 4 members (excludes halogenated alkanes) is 2. The molecule has 1 aromatic carbocycles. The number of rotatable bonds is 8. The van der Waals surface area contributed by atoms with Gasteiger partial charge in [-0.05, 0) is 12.0 Å². The molecule has 1 rings (SSSR count). The van der Waals surface area contributed by atoms with Gasteiger partial charge in [-0.1, -0.05) is 62.2 Å². The van der Waals surface area contributed by atoms with Crippen molar-refractivity contribution in [2.45, 2.75) is 32.8 Å². The minimum atomic E-state index is -1.31. The molecule has 17 heavy (non-hydrogen) atoms. The fourth-order valence-electron chi connectivity index (χ4n) is 1.38. The minimum Gasteiger partial charge on any atom is -0.350 e. The van der Waals surface area contributed by atoms with E-state index in [1.54, 1.807) is 0 Å². The van der Waals surface area contributed by atoms with Crippen molar-refractivity contribution in [3.63, 3.8) is 0 Å². The first-order valence-corrected chi connectivity index (χ1v) is 7.51. The van der Waals surface area contributed by atoms with Crippen molar-refractivity contribution in [3.8, 4) is 0 Å². The van der Waals surface area contributed by atoms with Crippen LogP contribution in [0.3, 0.4) is 0 Å². The van der Waals surface area contributed by atoms with Gasteiger partial charge in [0.25, 0.3) is 0 Å². The van der Waals surface area contributed by atoms with Crippen LogP contribution in [0.2, 0.25) is 0 Å². The SMILES string of the molecule is CCCC/C=C/CP(O)OCc1ccccc1. The van der Waals surface area contributed by atoms with Crippen LogP contribution < -0.4 is 0 Å². The Morgan fingerprint density at radius 3 is 2.71 bits per heavy atom. The Morgan fingerprint density at radius 1 is 1.24 bits per heavy atom. The lowest BCUT2D eigenvalue weighted by Crippen LogP contribution is -1.89. The van der Waals surface area contributed by atoms with Crippen molar-refractivity contribution in [1.29, 1.82) is 0 Å². The third-order valence-electron chi connectivity index (χ3n) is 2.38. The summed E-state index contributed by atoms with van der Waals surface area (Å²) in [7, 11) is -1.31. The van der Waals surface area contributed by atoms with Gasteiger partial charge in [0.1, 0.15) is 0 Å². The van der Waals surface area contributed by atoms with E-state index in [-0.39, 0.29) is 0 Å². The maximum Gasteiger partial charge on any atom is 0.172 e. The van der Waals surface area contributed by atoms with Gasteiger partial charge in [0, 0.05) is 6.16 Å². The van der Waals surface area contributed by atoms with Crippen molar-refractivity contribution in [2.75, 3.05) is 6.16 Å². The number of benzene rings is 1. The highest BCUT2D eigenvalue weighted by atomic mass is 31.2. The highest BCUT2D eigenvalue weighted by molar-refractivity contribution is 7.46. The first kappa shape index (κ1) is 14.4. The van der Waals surface area contributed by atoms with Gasteiger partial charge in [-0.15, -0.1) is 0 Å². The Bertz CT molecular complexity index is 311. The van der Waals surface area contributed by atoms with E-state index in [2.05, 4.69) is 13.0 Å². The lowest BCUT2D eigenvalue weighted by molar-refractivity contribution is 0.301. The molecule has 0 aliphatic carbocycles. The molecule has 0 aliphatic heterocycles. The highest BCUT2D eigenvalue weighted by Crippen LogP contribution is 2.32. The summed E-state index contributed by atoms with van der Waals surface area (Å²) in [5, 5.41) is 0. The van der Waals surface area contributed by atoms with Gasteiger partial charge in [0.2, 0.25) is 0 Å².